The molecule has 0 fully saturated rings. The Bertz CT molecular complexity index is 622. The van der Waals surface area contributed by atoms with Gasteiger partial charge in [-0.1, -0.05) is 0 Å². The number of carboxylic acids is 1. The van der Waals surface area contributed by atoms with E-state index in [1.807, 2.05) is 17.7 Å². The number of aliphatic carboxylic acids is 1. The Hall–Kier alpha value is -2.35. The molecule has 0 aliphatic heterocycles. The second kappa shape index (κ2) is 4.26. The molecule has 0 saturated carbocycles. The van der Waals surface area contributed by atoms with Crippen molar-refractivity contribution in [3.63, 3.8) is 0 Å². The summed E-state index contributed by atoms with van der Waals surface area (Å²) in [7, 11) is 1.85. The van der Waals surface area contributed by atoms with Crippen molar-refractivity contribution in [3.8, 4) is 6.07 Å². The summed E-state index contributed by atoms with van der Waals surface area (Å²) < 4.78 is 1.86. The summed E-state index contributed by atoms with van der Waals surface area (Å²) >= 11 is 0. The summed E-state index contributed by atoms with van der Waals surface area (Å²) in [4.78, 5) is 14.9. The Kier molecular flexibility index (Phi) is 2.79. The number of aromatic nitrogens is 2. The Morgan fingerprint density at radius 2 is 2.35 bits per heavy atom. The van der Waals surface area contributed by atoms with Crippen molar-refractivity contribution in [2.45, 2.75) is 12.8 Å². The van der Waals surface area contributed by atoms with Crippen molar-refractivity contribution in [2.24, 2.45) is 7.05 Å². The van der Waals surface area contributed by atoms with Crippen LogP contribution in [0.15, 0.2) is 18.2 Å². The summed E-state index contributed by atoms with van der Waals surface area (Å²) in [6, 6.07) is 7.31. The van der Waals surface area contributed by atoms with Crippen molar-refractivity contribution < 1.29 is 9.90 Å². The van der Waals surface area contributed by atoms with E-state index in [1.165, 1.54) is 0 Å². The molecule has 0 amide bonds. The first-order valence-corrected chi connectivity index (χ1v) is 5.19. The van der Waals surface area contributed by atoms with Crippen LogP contribution in [0.5, 0.6) is 0 Å². The SMILES string of the molecule is Cn1c(CCC(=O)O)nc2cc(C#N)ccc21. The maximum atomic E-state index is 10.5. The van der Waals surface area contributed by atoms with E-state index in [0.29, 0.717) is 12.0 Å². The number of carbonyl (C=O) groups is 1. The molecular formula is C12H11N3O2. The predicted molar refractivity (Wildman–Crippen MR) is 61.4 cm³/mol. The number of nitriles is 1. The highest BCUT2D eigenvalue weighted by Gasteiger charge is 2.09. The van der Waals surface area contributed by atoms with Gasteiger partial charge in [-0.3, -0.25) is 4.79 Å². The molecule has 1 N–H and O–H groups in total. The highest BCUT2D eigenvalue weighted by atomic mass is 16.4. The number of carboxylic acid groups (broad SMARTS) is 1. The Labute approximate surface area is 97.9 Å². The van der Waals surface area contributed by atoms with E-state index >= 15 is 0 Å². The first kappa shape index (κ1) is 11.1. The molecule has 1 aromatic heterocycles. The summed E-state index contributed by atoms with van der Waals surface area (Å²) in [5.41, 5.74) is 2.19. The third-order valence-corrected chi connectivity index (χ3v) is 2.67. The number of hydrogen-bond acceptors (Lipinski definition) is 3. The van der Waals surface area contributed by atoms with Gasteiger partial charge < -0.3 is 9.67 Å². The third kappa shape index (κ3) is 2.11. The maximum Gasteiger partial charge on any atom is 0.303 e. The lowest BCUT2D eigenvalue weighted by Crippen LogP contribution is -2.03. The Morgan fingerprint density at radius 3 is 3.00 bits per heavy atom. The first-order valence-electron chi connectivity index (χ1n) is 5.19. The molecule has 17 heavy (non-hydrogen) atoms. The Balaban J connectivity index is 2.42. The standard InChI is InChI=1S/C12H11N3O2/c1-15-10-3-2-8(7-13)6-9(10)14-11(15)4-5-12(16)17/h2-3,6H,4-5H2,1H3,(H,16,17). The van der Waals surface area contributed by atoms with Crippen molar-refractivity contribution in [1.29, 1.82) is 5.26 Å². The smallest absolute Gasteiger partial charge is 0.303 e. The van der Waals surface area contributed by atoms with Gasteiger partial charge in [-0.15, -0.1) is 0 Å². The molecule has 0 bridgehead atoms. The topological polar surface area (TPSA) is 78.9 Å². The van der Waals surface area contributed by atoms with Crippen LogP contribution in [0.1, 0.15) is 17.8 Å². The number of imidazole rings is 1. The van der Waals surface area contributed by atoms with Gasteiger partial charge in [0, 0.05) is 13.5 Å². The van der Waals surface area contributed by atoms with Gasteiger partial charge in [0.25, 0.3) is 0 Å². The lowest BCUT2D eigenvalue weighted by molar-refractivity contribution is -0.137. The molecule has 86 valence electrons. The van der Waals surface area contributed by atoms with Crippen LogP contribution in [0.3, 0.4) is 0 Å². The van der Waals surface area contributed by atoms with Gasteiger partial charge in [-0.25, -0.2) is 4.98 Å². The van der Waals surface area contributed by atoms with Crippen molar-refractivity contribution >= 4 is 17.0 Å². The number of benzene rings is 1. The van der Waals surface area contributed by atoms with E-state index < -0.39 is 5.97 Å². The Morgan fingerprint density at radius 1 is 1.59 bits per heavy atom. The quantitative estimate of drug-likeness (QED) is 0.864. The molecule has 0 spiro atoms. The zero-order valence-electron chi connectivity index (χ0n) is 9.34. The average molecular weight is 229 g/mol. The van der Waals surface area contributed by atoms with Crippen LogP contribution in [-0.2, 0) is 18.3 Å². The minimum Gasteiger partial charge on any atom is -0.481 e. The molecule has 1 aromatic carbocycles. The molecule has 0 aliphatic rings. The van der Waals surface area contributed by atoms with E-state index in [9.17, 15) is 4.79 Å². The monoisotopic (exact) mass is 229 g/mol. The molecule has 0 atom stereocenters. The highest BCUT2D eigenvalue weighted by Crippen LogP contribution is 2.17. The lowest BCUT2D eigenvalue weighted by atomic mass is 10.2. The zero-order valence-corrected chi connectivity index (χ0v) is 9.34. The van der Waals surface area contributed by atoms with Crippen LogP contribution in [0.4, 0.5) is 0 Å². The molecule has 0 radical (unpaired) electrons. The first-order chi connectivity index (χ1) is 8.11. The lowest BCUT2D eigenvalue weighted by Gasteiger charge is -1.99. The number of rotatable bonds is 3. The highest BCUT2D eigenvalue weighted by molar-refractivity contribution is 5.77. The molecule has 5 nitrogen and oxygen atoms in total. The van der Waals surface area contributed by atoms with Crippen LogP contribution in [0.25, 0.3) is 11.0 Å². The number of aryl methyl sites for hydroxylation is 2. The van der Waals surface area contributed by atoms with Crippen LogP contribution in [-0.4, -0.2) is 20.6 Å². The van der Waals surface area contributed by atoms with E-state index in [0.717, 1.165) is 16.9 Å². The van der Waals surface area contributed by atoms with E-state index in [2.05, 4.69) is 11.1 Å². The minimum atomic E-state index is -0.838. The van der Waals surface area contributed by atoms with Gasteiger partial charge in [-0.2, -0.15) is 5.26 Å². The van der Waals surface area contributed by atoms with Gasteiger partial charge in [0.15, 0.2) is 0 Å². The second-order valence-corrected chi connectivity index (χ2v) is 3.80. The zero-order chi connectivity index (χ0) is 12.4. The van der Waals surface area contributed by atoms with Gasteiger partial charge in [0.2, 0.25) is 0 Å². The van der Waals surface area contributed by atoms with Gasteiger partial charge in [0.1, 0.15) is 5.82 Å². The minimum absolute atomic E-state index is 0.0578. The molecule has 2 aromatic rings. The van der Waals surface area contributed by atoms with Crippen molar-refractivity contribution in [1.82, 2.24) is 9.55 Å². The van der Waals surface area contributed by atoms with E-state index in [1.54, 1.807) is 12.1 Å². The molecule has 0 aliphatic carbocycles. The van der Waals surface area contributed by atoms with Gasteiger partial charge >= 0.3 is 5.97 Å². The summed E-state index contributed by atoms with van der Waals surface area (Å²) in [6.45, 7) is 0. The fraction of sp³-hybridized carbons (Fsp3) is 0.250. The third-order valence-electron chi connectivity index (χ3n) is 2.67. The van der Waals surface area contributed by atoms with E-state index in [-0.39, 0.29) is 6.42 Å². The fourth-order valence-corrected chi connectivity index (χ4v) is 1.76. The molecule has 5 heteroatoms. The molecule has 0 saturated heterocycles. The van der Waals surface area contributed by atoms with Crippen LogP contribution >= 0.6 is 0 Å². The largest absolute Gasteiger partial charge is 0.481 e. The number of nitrogens with zero attached hydrogens (tertiary/aromatic N) is 3. The van der Waals surface area contributed by atoms with Crippen LogP contribution in [0.2, 0.25) is 0 Å². The van der Waals surface area contributed by atoms with Crippen LogP contribution in [0, 0.1) is 11.3 Å². The fourth-order valence-electron chi connectivity index (χ4n) is 1.76. The van der Waals surface area contributed by atoms with Gasteiger partial charge in [0.05, 0.1) is 29.1 Å². The van der Waals surface area contributed by atoms with Crippen LogP contribution < -0.4 is 0 Å². The predicted octanol–water partition coefficient (Wildman–Crippen LogP) is 1.46. The van der Waals surface area contributed by atoms with Gasteiger partial charge in [-0.05, 0) is 18.2 Å². The molecule has 0 unspecified atom stereocenters. The molecular weight excluding hydrogens is 218 g/mol. The number of hydrogen-bond donors (Lipinski definition) is 1. The summed E-state index contributed by atoms with van der Waals surface area (Å²) in [5.74, 6) is -0.118. The summed E-state index contributed by atoms with van der Waals surface area (Å²) in [5, 5.41) is 17.4. The van der Waals surface area contributed by atoms with E-state index in [4.69, 9.17) is 10.4 Å². The summed E-state index contributed by atoms with van der Waals surface area (Å²) in [6.07, 6.45) is 0.449. The molecule has 2 rings (SSSR count). The normalized spacial score (nSPS) is 10.4. The molecule has 1 heterocycles. The average Bonchev–Trinajstić information content (AvgIpc) is 2.63. The maximum absolute atomic E-state index is 10.5. The number of fused-ring (bicyclic) bond motifs is 1. The van der Waals surface area contributed by atoms with Crippen molar-refractivity contribution in [2.75, 3.05) is 0 Å². The van der Waals surface area contributed by atoms with Crippen molar-refractivity contribution in [3.05, 3.63) is 29.6 Å². The second-order valence-electron chi connectivity index (χ2n) is 3.80.